The van der Waals surface area contributed by atoms with Crippen molar-refractivity contribution in [2.24, 2.45) is 0 Å². The van der Waals surface area contributed by atoms with Gasteiger partial charge in [-0.2, -0.15) is 4.31 Å². The van der Waals surface area contributed by atoms with Gasteiger partial charge in [-0.1, -0.05) is 26.0 Å². The number of hydrogen-bond donors (Lipinski definition) is 1. The molecule has 1 saturated heterocycles. The van der Waals surface area contributed by atoms with Crippen LogP contribution in [0.2, 0.25) is 0 Å². The molecule has 158 valence electrons. The number of piperazine rings is 1. The predicted octanol–water partition coefficient (Wildman–Crippen LogP) is 2.63. The average Bonchev–Trinajstić information content (AvgIpc) is 2.78. The van der Waals surface area contributed by atoms with Gasteiger partial charge in [0.25, 0.3) is 0 Å². The Morgan fingerprint density at radius 1 is 1.03 bits per heavy atom. The summed E-state index contributed by atoms with van der Waals surface area (Å²) in [6.07, 6.45) is 2.49. The van der Waals surface area contributed by atoms with Crippen LogP contribution in [0.3, 0.4) is 0 Å². The van der Waals surface area contributed by atoms with Crippen molar-refractivity contribution in [1.82, 2.24) is 19.3 Å². The van der Waals surface area contributed by atoms with Crippen molar-refractivity contribution in [3.63, 3.8) is 0 Å². The standard InChI is InChI=1S/C21H26N6O2S/c1-3-15(2)16-4-6-17(7-5-16)30(28,29)27-12-10-26(11-13-27)21-18-8-9-19(22)25-20(18)23-14-24-21/h4-9,14-15H,3,10-13H2,1-2H3,(H2,22,23,24,25). The molecule has 0 bridgehead atoms. The lowest BCUT2D eigenvalue weighted by atomic mass is 9.99. The number of pyridine rings is 1. The van der Waals surface area contributed by atoms with Crippen molar-refractivity contribution in [3.8, 4) is 0 Å². The second-order valence-corrected chi connectivity index (χ2v) is 9.51. The van der Waals surface area contributed by atoms with Gasteiger partial charge in [0, 0.05) is 26.2 Å². The molecule has 3 heterocycles. The Morgan fingerprint density at radius 3 is 2.40 bits per heavy atom. The molecule has 1 aliphatic rings. The zero-order chi connectivity index (χ0) is 21.3. The topological polar surface area (TPSA) is 105 Å². The fraction of sp³-hybridized carbons (Fsp3) is 0.381. The van der Waals surface area contributed by atoms with E-state index in [4.69, 9.17) is 5.73 Å². The molecule has 0 radical (unpaired) electrons. The summed E-state index contributed by atoms with van der Waals surface area (Å²) in [5, 5.41) is 0.809. The highest BCUT2D eigenvalue weighted by Crippen LogP contribution is 2.26. The van der Waals surface area contributed by atoms with Crippen LogP contribution in [-0.2, 0) is 10.0 Å². The molecule has 9 heteroatoms. The van der Waals surface area contributed by atoms with Gasteiger partial charge in [-0.3, -0.25) is 0 Å². The number of nitrogens with zero attached hydrogens (tertiary/aromatic N) is 5. The minimum absolute atomic E-state index is 0.343. The van der Waals surface area contributed by atoms with Crippen molar-refractivity contribution in [2.75, 3.05) is 36.8 Å². The fourth-order valence-electron chi connectivity index (χ4n) is 3.69. The molecule has 0 spiro atoms. The first kappa shape index (κ1) is 20.5. The molecular formula is C21H26N6O2S. The summed E-state index contributed by atoms with van der Waals surface area (Å²) in [4.78, 5) is 15.2. The summed E-state index contributed by atoms with van der Waals surface area (Å²) in [7, 11) is -3.52. The molecule has 4 rings (SSSR count). The number of fused-ring (bicyclic) bond motifs is 1. The van der Waals surface area contributed by atoms with Gasteiger partial charge in [0.1, 0.15) is 18.0 Å². The number of rotatable bonds is 5. The maximum absolute atomic E-state index is 13.1. The molecule has 8 nitrogen and oxygen atoms in total. The molecule has 30 heavy (non-hydrogen) atoms. The molecule has 0 amide bonds. The van der Waals surface area contributed by atoms with Crippen LogP contribution >= 0.6 is 0 Å². The molecule has 2 aromatic heterocycles. The zero-order valence-corrected chi connectivity index (χ0v) is 18.0. The van der Waals surface area contributed by atoms with Gasteiger partial charge in [-0.05, 0) is 42.2 Å². The number of nitrogens with two attached hydrogens (primary N) is 1. The maximum atomic E-state index is 13.1. The van der Waals surface area contributed by atoms with Crippen LogP contribution in [0.4, 0.5) is 11.6 Å². The van der Waals surface area contributed by atoms with E-state index in [1.807, 2.05) is 18.2 Å². The summed E-state index contributed by atoms with van der Waals surface area (Å²) >= 11 is 0. The van der Waals surface area contributed by atoms with Crippen molar-refractivity contribution in [2.45, 2.75) is 31.1 Å². The second kappa shape index (κ2) is 8.16. The third-order valence-corrected chi connectivity index (χ3v) is 7.65. The Bertz CT molecular complexity index is 1140. The summed E-state index contributed by atoms with van der Waals surface area (Å²) in [5.74, 6) is 1.57. The van der Waals surface area contributed by atoms with Gasteiger partial charge in [0.2, 0.25) is 10.0 Å². The SMILES string of the molecule is CCC(C)c1ccc(S(=O)(=O)N2CCN(c3ncnc4nc(N)ccc34)CC2)cc1. The van der Waals surface area contributed by atoms with Gasteiger partial charge in [0.05, 0.1) is 10.3 Å². The van der Waals surface area contributed by atoms with Gasteiger partial charge in [-0.15, -0.1) is 0 Å². The van der Waals surface area contributed by atoms with E-state index >= 15 is 0 Å². The monoisotopic (exact) mass is 426 g/mol. The van der Waals surface area contributed by atoms with Crippen molar-refractivity contribution in [1.29, 1.82) is 0 Å². The smallest absolute Gasteiger partial charge is 0.243 e. The van der Waals surface area contributed by atoms with E-state index in [0.29, 0.717) is 48.5 Å². The van der Waals surface area contributed by atoms with Crippen molar-refractivity contribution < 1.29 is 8.42 Å². The molecule has 0 aliphatic carbocycles. The number of benzene rings is 1. The average molecular weight is 427 g/mol. The summed E-state index contributed by atoms with van der Waals surface area (Å²) in [6, 6.07) is 10.9. The number of sulfonamides is 1. The van der Waals surface area contributed by atoms with E-state index in [2.05, 4.69) is 33.7 Å². The third-order valence-electron chi connectivity index (χ3n) is 5.74. The second-order valence-electron chi connectivity index (χ2n) is 7.57. The quantitative estimate of drug-likeness (QED) is 0.668. The number of hydrogen-bond acceptors (Lipinski definition) is 7. The fourth-order valence-corrected chi connectivity index (χ4v) is 5.11. The van der Waals surface area contributed by atoms with Crippen LogP contribution in [0.5, 0.6) is 0 Å². The van der Waals surface area contributed by atoms with Gasteiger partial charge < -0.3 is 10.6 Å². The van der Waals surface area contributed by atoms with E-state index in [1.165, 1.54) is 6.33 Å². The van der Waals surface area contributed by atoms with E-state index in [0.717, 1.165) is 23.2 Å². The van der Waals surface area contributed by atoms with E-state index in [-0.39, 0.29) is 0 Å². The van der Waals surface area contributed by atoms with Gasteiger partial charge in [0.15, 0.2) is 5.65 Å². The first-order chi connectivity index (χ1) is 14.4. The van der Waals surface area contributed by atoms with Crippen LogP contribution in [0.25, 0.3) is 11.0 Å². The largest absolute Gasteiger partial charge is 0.384 e. The molecule has 1 fully saturated rings. The van der Waals surface area contributed by atoms with Crippen molar-refractivity contribution in [3.05, 3.63) is 48.3 Å². The van der Waals surface area contributed by atoms with E-state index in [9.17, 15) is 8.42 Å². The van der Waals surface area contributed by atoms with Crippen molar-refractivity contribution >= 4 is 32.7 Å². The first-order valence-electron chi connectivity index (χ1n) is 10.1. The lowest BCUT2D eigenvalue weighted by molar-refractivity contribution is 0.384. The van der Waals surface area contributed by atoms with Crippen LogP contribution in [0, 0.1) is 0 Å². The molecule has 0 saturated carbocycles. The highest BCUT2D eigenvalue weighted by molar-refractivity contribution is 7.89. The number of aromatic nitrogens is 3. The molecule has 3 aromatic rings. The van der Waals surface area contributed by atoms with E-state index in [1.54, 1.807) is 22.5 Å². The molecule has 1 unspecified atom stereocenters. The van der Waals surface area contributed by atoms with Gasteiger partial charge >= 0.3 is 0 Å². The predicted molar refractivity (Wildman–Crippen MR) is 118 cm³/mol. The minimum Gasteiger partial charge on any atom is -0.384 e. The zero-order valence-electron chi connectivity index (χ0n) is 17.2. The Hall–Kier alpha value is -2.78. The Kier molecular flexibility index (Phi) is 5.57. The van der Waals surface area contributed by atoms with Crippen LogP contribution in [0.1, 0.15) is 31.7 Å². The lowest BCUT2D eigenvalue weighted by Crippen LogP contribution is -2.49. The Labute approximate surface area is 176 Å². The Morgan fingerprint density at radius 2 is 1.73 bits per heavy atom. The summed E-state index contributed by atoms with van der Waals surface area (Å²) in [6.45, 7) is 6.14. The van der Waals surface area contributed by atoms with Crippen LogP contribution in [-0.4, -0.2) is 53.9 Å². The molecule has 1 atom stereocenters. The highest BCUT2D eigenvalue weighted by atomic mass is 32.2. The number of nitrogen functional groups attached to an aromatic ring is 1. The Balaban J connectivity index is 1.50. The van der Waals surface area contributed by atoms with Crippen LogP contribution in [0.15, 0.2) is 47.6 Å². The number of anilines is 2. The normalized spacial score (nSPS) is 16.7. The van der Waals surface area contributed by atoms with Crippen LogP contribution < -0.4 is 10.6 Å². The first-order valence-corrected chi connectivity index (χ1v) is 11.6. The molecule has 1 aliphatic heterocycles. The highest BCUT2D eigenvalue weighted by Gasteiger charge is 2.29. The maximum Gasteiger partial charge on any atom is 0.243 e. The molecule has 2 N–H and O–H groups in total. The molecular weight excluding hydrogens is 400 g/mol. The van der Waals surface area contributed by atoms with E-state index < -0.39 is 10.0 Å². The summed E-state index contributed by atoms with van der Waals surface area (Å²) in [5.41, 5.74) is 7.45. The summed E-state index contributed by atoms with van der Waals surface area (Å²) < 4.78 is 27.7. The lowest BCUT2D eigenvalue weighted by Gasteiger charge is -2.35. The third kappa shape index (κ3) is 3.82. The van der Waals surface area contributed by atoms with Gasteiger partial charge in [-0.25, -0.2) is 23.4 Å². The molecule has 1 aromatic carbocycles. The minimum atomic E-state index is -3.52.